The zero-order valence-corrected chi connectivity index (χ0v) is 15.4. The molecule has 1 aromatic rings. The molecule has 148 valence electrons. The first-order valence-corrected chi connectivity index (χ1v) is 8.50. The first-order valence-electron chi connectivity index (χ1n) is 8.50. The van der Waals surface area contributed by atoms with Gasteiger partial charge in [0.2, 0.25) is 5.91 Å². The number of methoxy groups -OCH3 is 2. The molecule has 0 aliphatic carbocycles. The molecule has 27 heavy (non-hydrogen) atoms. The summed E-state index contributed by atoms with van der Waals surface area (Å²) in [6.07, 6.45) is 0.668. The van der Waals surface area contributed by atoms with Crippen LogP contribution in [0.3, 0.4) is 0 Å². The van der Waals surface area contributed by atoms with Gasteiger partial charge >= 0.3 is 5.97 Å². The molecule has 1 aliphatic rings. The average molecular weight is 380 g/mol. The number of aliphatic carboxylic acids is 1. The number of carboxylic acids is 1. The molecule has 0 unspecified atom stereocenters. The van der Waals surface area contributed by atoms with Crippen LogP contribution in [-0.4, -0.2) is 63.4 Å². The maximum absolute atomic E-state index is 12.2. The van der Waals surface area contributed by atoms with Crippen LogP contribution in [0.4, 0.5) is 0 Å². The minimum atomic E-state index is -1.03. The largest absolute Gasteiger partial charge is 0.493 e. The van der Waals surface area contributed by atoms with Gasteiger partial charge in [0, 0.05) is 25.3 Å². The lowest BCUT2D eigenvalue weighted by Gasteiger charge is -2.33. The smallest absolute Gasteiger partial charge is 0.311 e. The van der Waals surface area contributed by atoms with Gasteiger partial charge in [-0.2, -0.15) is 0 Å². The third kappa shape index (κ3) is 5.10. The molecule has 0 atom stereocenters. The van der Waals surface area contributed by atoms with Crippen molar-refractivity contribution < 1.29 is 33.7 Å². The molecule has 1 fully saturated rings. The number of benzene rings is 1. The second-order valence-corrected chi connectivity index (χ2v) is 6.23. The van der Waals surface area contributed by atoms with Crippen molar-refractivity contribution in [3.8, 4) is 11.5 Å². The monoisotopic (exact) mass is 380 g/mol. The fraction of sp³-hybridized carbons (Fsp3) is 0.500. The molecule has 0 saturated carbocycles. The summed E-state index contributed by atoms with van der Waals surface area (Å²) in [4.78, 5) is 35.8. The molecule has 0 bridgehead atoms. The van der Waals surface area contributed by atoms with Crippen LogP contribution in [0.2, 0.25) is 0 Å². The van der Waals surface area contributed by atoms with Gasteiger partial charge in [-0.3, -0.25) is 14.4 Å². The van der Waals surface area contributed by atoms with Crippen molar-refractivity contribution in [1.82, 2.24) is 10.6 Å². The van der Waals surface area contributed by atoms with Crippen molar-refractivity contribution in [2.45, 2.75) is 12.8 Å². The molecule has 1 heterocycles. The second-order valence-electron chi connectivity index (χ2n) is 6.23. The van der Waals surface area contributed by atoms with Gasteiger partial charge in [-0.05, 0) is 31.0 Å². The van der Waals surface area contributed by atoms with Crippen LogP contribution in [0.1, 0.15) is 23.2 Å². The number of hydrogen-bond donors (Lipinski definition) is 3. The van der Waals surface area contributed by atoms with Gasteiger partial charge < -0.3 is 30.0 Å². The number of carbonyl (C=O) groups is 3. The van der Waals surface area contributed by atoms with E-state index in [4.69, 9.17) is 14.2 Å². The van der Waals surface area contributed by atoms with E-state index in [1.807, 2.05) is 0 Å². The van der Waals surface area contributed by atoms with Crippen molar-refractivity contribution in [1.29, 1.82) is 0 Å². The Morgan fingerprint density at radius 3 is 2.37 bits per heavy atom. The molecular formula is C18H24N2O7. The summed E-state index contributed by atoms with van der Waals surface area (Å²) in [5.74, 6) is -0.985. The Balaban J connectivity index is 1.87. The summed E-state index contributed by atoms with van der Waals surface area (Å²) in [6.45, 7) is 0.423. The van der Waals surface area contributed by atoms with E-state index in [0.717, 1.165) is 0 Å². The van der Waals surface area contributed by atoms with Crippen LogP contribution >= 0.6 is 0 Å². The fourth-order valence-electron chi connectivity index (χ4n) is 2.80. The third-order valence-electron chi connectivity index (χ3n) is 4.58. The van der Waals surface area contributed by atoms with Crippen molar-refractivity contribution in [3.05, 3.63) is 23.8 Å². The predicted octanol–water partition coefficient (Wildman–Crippen LogP) is 0.431. The lowest BCUT2D eigenvalue weighted by atomic mass is 9.80. The highest BCUT2D eigenvalue weighted by atomic mass is 16.5. The summed E-state index contributed by atoms with van der Waals surface area (Å²) in [5, 5.41) is 14.5. The minimum absolute atomic E-state index is 0.00322. The summed E-state index contributed by atoms with van der Waals surface area (Å²) in [6, 6.07) is 4.65. The second kappa shape index (κ2) is 9.22. The van der Waals surface area contributed by atoms with Gasteiger partial charge in [0.05, 0.1) is 26.2 Å². The van der Waals surface area contributed by atoms with Crippen molar-refractivity contribution in [2.75, 3.05) is 40.5 Å². The zero-order chi connectivity index (χ0) is 19.9. The Morgan fingerprint density at radius 1 is 1.11 bits per heavy atom. The van der Waals surface area contributed by atoms with Gasteiger partial charge in [-0.15, -0.1) is 0 Å². The Kier molecular flexibility index (Phi) is 7.00. The van der Waals surface area contributed by atoms with E-state index in [1.54, 1.807) is 12.1 Å². The van der Waals surface area contributed by atoms with Crippen molar-refractivity contribution >= 4 is 17.8 Å². The molecule has 2 rings (SSSR count). The predicted molar refractivity (Wildman–Crippen MR) is 95.0 cm³/mol. The molecule has 1 aliphatic heterocycles. The van der Waals surface area contributed by atoms with E-state index in [-0.39, 0.29) is 13.1 Å². The van der Waals surface area contributed by atoms with E-state index >= 15 is 0 Å². The van der Waals surface area contributed by atoms with Gasteiger partial charge in [-0.25, -0.2) is 0 Å². The Morgan fingerprint density at radius 2 is 1.78 bits per heavy atom. The number of carboxylic acid groups (broad SMARTS) is 1. The highest BCUT2D eigenvalue weighted by molar-refractivity contribution is 5.97. The Hall–Kier alpha value is -2.81. The highest BCUT2D eigenvalue weighted by Crippen LogP contribution is 2.30. The molecule has 1 aromatic carbocycles. The topological polar surface area (TPSA) is 123 Å². The van der Waals surface area contributed by atoms with E-state index in [1.165, 1.54) is 20.3 Å². The van der Waals surface area contributed by atoms with Crippen LogP contribution in [-0.2, 0) is 14.3 Å². The average Bonchev–Trinajstić information content (AvgIpc) is 2.70. The van der Waals surface area contributed by atoms with Gasteiger partial charge in [0.15, 0.2) is 11.5 Å². The van der Waals surface area contributed by atoms with Crippen molar-refractivity contribution in [2.24, 2.45) is 5.41 Å². The number of rotatable bonds is 8. The molecule has 0 radical (unpaired) electrons. The minimum Gasteiger partial charge on any atom is -0.493 e. The van der Waals surface area contributed by atoms with E-state index < -0.39 is 23.2 Å². The number of amides is 2. The van der Waals surface area contributed by atoms with Crippen LogP contribution < -0.4 is 20.1 Å². The lowest BCUT2D eigenvalue weighted by molar-refractivity contribution is -0.154. The van der Waals surface area contributed by atoms with Gasteiger partial charge in [0.1, 0.15) is 0 Å². The summed E-state index contributed by atoms with van der Waals surface area (Å²) in [5.41, 5.74) is -0.715. The Bertz CT molecular complexity index is 699. The first-order chi connectivity index (χ1) is 12.9. The fourth-order valence-corrected chi connectivity index (χ4v) is 2.80. The molecule has 9 heteroatoms. The number of ether oxygens (including phenoxy) is 3. The van der Waals surface area contributed by atoms with Crippen LogP contribution in [0, 0.1) is 5.41 Å². The van der Waals surface area contributed by atoms with Crippen LogP contribution in [0.5, 0.6) is 11.5 Å². The molecule has 0 aromatic heterocycles. The molecule has 0 spiro atoms. The molecular weight excluding hydrogens is 356 g/mol. The highest BCUT2D eigenvalue weighted by Gasteiger charge is 2.40. The van der Waals surface area contributed by atoms with Gasteiger partial charge in [-0.1, -0.05) is 0 Å². The summed E-state index contributed by atoms with van der Waals surface area (Å²) >= 11 is 0. The van der Waals surface area contributed by atoms with Gasteiger partial charge in [0.25, 0.3) is 5.91 Å². The maximum Gasteiger partial charge on any atom is 0.311 e. The van der Waals surface area contributed by atoms with Crippen LogP contribution in [0.15, 0.2) is 18.2 Å². The van der Waals surface area contributed by atoms with E-state index in [9.17, 15) is 19.5 Å². The third-order valence-corrected chi connectivity index (χ3v) is 4.58. The molecule has 1 saturated heterocycles. The van der Waals surface area contributed by atoms with E-state index in [2.05, 4.69) is 10.6 Å². The summed E-state index contributed by atoms with van der Waals surface area (Å²) in [7, 11) is 2.95. The summed E-state index contributed by atoms with van der Waals surface area (Å²) < 4.78 is 15.4. The Labute approximate surface area is 157 Å². The quantitative estimate of drug-likeness (QED) is 0.598. The van der Waals surface area contributed by atoms with E-state index in [0.29, 0.717) is 43.1 Å². The first kappa shape index (κ1) is 20.5. The molecule has 9 nitrogen and oxygen atoms in total. The number of carbonyl (C=O) groups excluding carboxylic acids is 2. The van der Waals surface area contributed by atoms with Crippen LogP contribution in [0.25, 0.3) is 0 Å². The maximum atomic E-state index is 12.2. The molecule has 3 N–H and O–H groups in total. The molecule has 2 amide bonds. The number of nitrogens with one attached hydrogen (secondary N) is 2. The zero-order valence-electron chi connectivity index (χ0n) is 15.4. The number of hydrogen-bond acceptors (Lipinski definition) is 6. The standard InChI is InChI=1S/C18H24N2O7/c1-25-13-4-3-12(9-14(13)26-2)16(22)19-10-15(21)20-11-18(17(23)24)5-7-27-8-6-18/h3-4,9H,5-8,10-11H2,1-2H3,(H,19,22)(H,20,21)(H,23,24). The SMILES string of the molecule is COc1ccc(C(=O)NCC(=O)NCC2(C(=O)O)CCOCC2)cc1OC. The normalized spacial score (nSPS) is 15.5. The van der Waals surface area contributed by atoms with Crippen molar-refractivity contribution in [3.63, 3.8) is 0 Å². The lowest BCUT2D eigenvalue weighted by Crippen LogP contribution is -2.48.